The van der Waals surface area contributed by atoms with Crippen molar-refractivity contribution < 1.29 is 18.5 Å². The Bertz CT molecular complexity index is 109. The van der Waals surface area contributed by atoms with E-state index in [4.69, 9.17) is 5.73 Å². The van der Waals surface area contributed by atoms with Crippen LogP contribution in [0.25, 0.3) is 0 Å². The van der Waals surface area contributed by atoms with Gasteiger partial charge >= 0.3 is 0 Å². The minimum atomic E-state index is -3.90. The van der Waals surface area contributed by atoms with E-state index in [0.29, 0.717) is 0 Å². The molecule has 0 bridgehead atoms. The predicted octanol–water partition coefficient (Wildman–Crippen LogP) is 0.103. The number of rotatable bonds is 3. The van der Waals surface area contributed by atoms with Crippen LogP contribution >= 0.6 is 7.82 Å². The first-order chi connectivity index (χ1) is 5.04. The van der Waals surface area contributed by atoms with Crippen molar-refractivity contribution in [2.75, 3.05) is 20.8 Å². The van der Waals surface area contributed by atoms with Gasteiger partial charge in [-0.15, -0.1) is 0 Å². The molecule has 0 atom stereocenters. The highest BCUT2D eigenvalue weighted by Gasteiger charge is 1.98. The van der Waals surface area contributed by atoms with E-state index in [0.717, 1.165) is 27.2 Å². The van der Waals surface area contributed by atoms with Gasteiger partial charge in [0.15, 0.2) is 0 Å². The maximum Gasteiger partial charge on any atom is 0.267 e. The lowest BCUT2D eigenvalue weighted by Crippen LogP contribution is -2.02. The van der Waals surface area contributed by atoms with E-state index in [9.17, 15) is 9.46 Å². The van der Waals surface area contributed by atoms with Crippen molar-refractivity contribution in [3.05, 3.63) is 0 Å². The van der Waals surface area contributed by atoms with Gasteiger partial charge < -0.3 is 19.7 Å². The number of phosphoric ester groups is 1. The molecule has 0 heterocycles. The zero-order chi connectivity index (χ0) is 9.33. The van der Waals surface area contributed by atoms with Gasteiger partial charge in [0.25, 0.3) is 7.82 Å². The third-order valence-corrected chi connectivity index (χ3v) is 1.63. The summed E-state index contributed by atoms with van der Waals surface area (Å²) in [5, 5.41) is 0. The summed E-state index contributed by atoms with van der Waals surface area (Å²) in [6.07, 6.45) is 1.10. The van der Waals surface area contributed by atoms with Gasteiger partial charge in [0.1, 0.15) is 0 Å². The molecule has 70 valence electrons. The Kier molecular flexibility index (Phi) is 10.1. The molecule has 0 aromatic heterocycles. The normalized spacial score (nSPS) is 10.3. The molecular weight excluding hydrogens is 169 g/mol. The molecule has 11 heavy (non-hydrogen) atoms. The summed E-state index contributed by atoms with van der Waals surface area (Å²) in [5.41, 5.74) is 5.03. The van der Waals surface area contributed by atoms with Gasteiger partial charge in [-0.05, 0) is 13.0 Å². The molecule has 2 N–H and O–H groups in total. The molecule has 0 fully saturated rings. The second-order valence-electron chi connectivity index (χ2n) is 1.60. The van der Waals surface area contributed by atoms with Crippen molar-refractivity contribution in [1.29, 1.82) is 0 Å². The molecule has 6 heteroatoms. The SMILES string of the molecule is CCCN.COP(=O)([O-])OC. The van der Waals surface area contributed by atoms with E-state index in [1.54, 1.807) is 0 Å². The van der Waals surface area contributed by atoms with Crippen molar-refractivity contribution in [3.63, 3.8) is 0 Å². The first-order valence-corrected chi connectivity index (χ1v) is 4.62. The summed E-state index contributed by atoms with van der Waals surface area (Å²) in [5.74, 6) is 0. The molecule has 0 saturated heterocycles. The topological polar surface area (TPSA) is 84.6 Å². The first-order valence-electron chi connectivity index (χ1n) is 3.16. The molecule has 0 aliphatic rings. The summed E-state index contributed by atoms with van der Waals surface area (Å²) in [6, 6.07) is 0. The van der Waals surface area contributed by atoms with Crippen LogP contribution < -0.4 is 10.6 Å². The van der Waals surface area contributed by atoms with Crippen LogP contribution in [-0.2, 0) is 13.6 Å². The Morgan fingerprint density at radius 1 is 1.45 bits per heavy atom. The smallest absolute Gasteiger partial charge is 0.267 e. The second kappa shape index (κ2) is 8.17. The zero-order valence-corrected chi connectivity index (χ0v) is 7.97. The van der Waals surface area contributed by atoms with Crippen LogP contribution in [0.5, 0.6) is 0 Å². The van der Waals surface area contributed by atoms with Crippen molar-refractivity contribution >= 4 is 7.82 Å². The molecule has 0 unspecified atom stereocenters. The van der Waals surface area contributed by atoms with Crippen LogP contribution in [0.3, 0.4) is 0 Å². The van der Waals surface area contributed by atoms with E-state index < -0.39 is 7.82 Å². The quantitative estimate of drug-likeness (QED) is 0.629. The van der Waals surface area contributed by atoms with Crippen LogP contribution in [0.2, 0.25) is 0 Å². The van der Waals surface area contributed by atoms with Gasteiger partial charge in [-0.2, -0.15) is 0 Å². The Balaban J connectivity index is 0. The fourth-order valence-electron chi connectivity index (χ4n) is 0.0745. The molecule has 0 aliphatic carbocycles. The fraction of sp³-hybridized carbons (Fsp3) is 1.00. The molecular formula is C5H15NO4P-. The summed E-state index contributed by atoms with van der Waals surface area (Å²) < 4.78 is 17.7. The highest BCUT2D eigenvalue weighted by molar-refractivity contribution is 7.45. The molecule has 0 rings (SSSR count). The number of hydrogen-bond donors (Lipinski definition) is 1. The van der Waals surface area contributed by atoms with Crippen molar-refractivity contribution in [2.24, 2.45) is 5.73 Å². The molecule has 0 aromatic carbocycles. The summed E-state index contributed by atoms with van der Waals surface area (Å²) >= 11 is 0. The number of hydrogen-bond acceptors (Lipinski definition) is 5. The fourth-order valence-corrected chi connectivity index (χ4v) is 0.224. The van der Waals surface area contributed by atoms with Gasteiger partial charge in [0, 0.05) is 14.2 Å². The molecule has 0 amide bonds. The number of nitrogens with two attached hydrogens (primary N) is 1. The average molecular weight is 184 g/mol. The summed E-state index contributed by atoms with van der Waals surface area (Å²) in [6.45, 7) is 2.88. The van der Waals surface area contributed by atoms with Gasteiger partial charge in [0.2, 0.25) is 0 Å². The Labute approximate surface area is 67.1 Å². The van der Waals surface area contributed by atoms with Crippen molar-refractivity contribution in [3.8, 4) is 0 Å². The second-order valence-corrected chi connectivity index (χ2v) is 3.23. The Morgan fingerprint density at radius 2 is 1.73 bits per heavy atom. The molecule has 0 aliphatic heterocycles. The lowest BCUT2D eigenvalue weighted by molar-refractivity contribution is -0.220. The van der Waals surface area contributed by atoms with Crippen LogP contribution in [0, 0.1) is 0 Å². The Morgan fingerprint density at radius 3 is 1.73 bits per heavy atom. The van der Waals surface area contributed by atoms with Gasteiger partial charge in [0.05, 0.1) is 0 Å². The third-order valence-electron chi connectivity index (χ3n) is 0.736. The minimum absolute atomic E-state index is 0.819. The molecule has 5 nitrogen and oxygen atoms in total. The van der Waals surface area contributed by atoms with Crippen LogP contribution in [0.4, 0.5) is 0 Å². The van der Waals surface area contributed by atoms with Crippen molar-refractivity contribution in [1.82, 2.24) is 0 Å². The largest absolute Gasteiger partial charge is 0.756 e. The Hall–Kier alpha value is 0.0700. The molecule has 0 spiro atoms. The van der Waals surface area contributed by atoms with Crippen LogP contribution in [0.1, 0.15) is 13.3 Å². The van der Waals surface area contributed by atoms with Gasteiger partial charge in [-0.25, -0.2) is 0 Å². The van der Waals surface area contributed by atoms with Gasteiger partial charge in [-0.3, -0.25) is 4.57 Å². The van der Waals surface area contributed by atoms with Crippen LogP contribution in [-0.4, -0.2) is 20.8 Å². The highest BCUT2D eigenvalue weighted by Crippen LogP contribution is 2.34. The lowest BCUT2D eigenvalue weighted by Gasteiger charge is -2.16. The van der Waals surface area contributed by atoms with Crippen molar-refractivity contribution in [2.45, 2.75) is 13.3 Å². The molecule has 0 aromatic rings. The lowest BCUT2D eigenvalue weighted by atomic mass is 10.5. The standard InChI is InChI=1S/C3H9N.C2H7O4P/c1-2-3-4;1-5-7(3,4)6-2/h2-4H2,1H3;1-2H3,(H,3,4)/p-1. The monoisotopic (exact) mass is 184 g/mol. The maximum atomic E-state index is 9.95. The highest BCUT2D eigenvalue weighted by atomic mass is 31.2. The third kappa shape index (κ3) is 13.1. The molecule has 0 radical (unpaired) electrons. The first kappa shape index (κ1) is 13.6. The van der Waals surface area contributed by atoms with E-state index >= 15 is 0 Å². The summed E-state index contributed by atoms with van der Waals surface area (Å²) in [4.78, 5) is 9.95. The van der Waals surface area contributed by atoms with Gasteiger partial charge in [-0.1, -0.05) is 6.92 Å². The van der Waals surface area contributed by atoms with E-state index in [1.165, 1.54) is 0 Å². The summed E-state index contributed by atoms with van der Waals surface area (Å²) in [7, 11) is -1.83. The van der Waals surface area contributed by atoms with E-state index in [2.05, 4.69) is 16.0 Å². The minimum Gasteiger partial charge on any atom is -0.756 e. The van der Waals surface area contributed by atoms with Crippen LogP contribution in [0.15, 0.2) is 0 Å². The van der Waals surface area contributed by atoms with E-state index in [-0.39, 0.29) is 0 Å². The molecule has 0 saturated carbocycles. The number of phosphoric acid groups is 1. The average Bonchev–Trinajstić information content (AvgIpc) is 2.05. The maximum absolute atomic E-state index is 9.95. The predicted molar refractivity (Wildman–Crippen MR) is 41.0 cm³/mol. The van der Waals surface area contributed by atoms with E-state index in [1.807, 2.05) is 0 Å². The zero-order valence-electron chi connectivity index (χ0n) is 7.07.